The Morgan fingerprint density at radius 3 is 2.67 bits per heavy atom. The molecule has 2 rings (SSSR count). The summed E-state index contributed by atoms with van der Waals surface area (Å²) >= 11 is 0. The Balaban J connectivity index is 0.00000162. The molecule has 102 valence electrons. The second-order valence-electron chi connectivity index (χ2n) is 4.17. The van der Waals surface area contributed by atoms with E-state index in [4.69, 9.17) is 15.6 Å². The fourth-order valence-corrected chi connectivity index (χ4v) is 1.90. The Kier molecular flexibility index (Phi) is 6.35. The van der Waals surface area contributed by atoms with Gasteiger partial charge in [0.25, 0.3) is 0 Å². The van der Waals surface area contributed by atoms with Crippen LogP contribution in [0.1, 0.15) is 18.0 Å². The molecule has 6 heteroatoms. The number of aliphatic hydroxyl groups is 1. The van der Waals surface area contributed by atoms with Gasteiger partial charge in [0.05, 0.1) is 13.2 Å². The lowest BCUT2D eigenvalue weighted by Gasteiger charge is -2.28. The molecule has 2 heterocycles. The maximum atomic E-state index is 8.83. The lowest BCUT2D eigenvalue weighted by molar-refractivity contribution is 0.122. The highest BCUT2D eigenvalue weighted by molar-refractivity contribution is 5.85. The lowest BCUT2D eigenvalue weighted by Crippen LogP contribution is -2.36. The molecule has 3 N–H and O–H groups in total. The number of hydrogen-bond donors (Lipinski definition) is 2. The van der Waals surface area contributed by atoms with E-state index >= 15 is 0 Å². The maximum Gasteiger partial charge on any atom is 0.128 e. The van der Waals surface area contributed by atoms with E-state index in [1.54, 1.807) is 6.20 Å². The van der Waals surface area contributed by atoms with Gasteiger partial charge in [-0.1, -0.05) is 6.07 Å². The number of ether oxygens (including phenoxy) is 1. The van der Waals surface area contributed by atoms with Crippen LogP contribution in [0, 0.1) is 0 Å². The molecule has 5 nitrogen and oxygen atoms in total. The second kappa shape index (κ2) is 7.53. The van der Waals surface area contributed by atoms with Crippen LogP contribution < -0.4 is 10.6 Å². The molecule has 18 heavy (non-hydrogen) atoms. The number of halogens is 1. The van der Waals surface area contributed by atoms with Crippen LogP contribution in [0.5, 0.6) is 0 Å². The Hall–Kier alpha value is -0.880. The van der Waals surface area contributed by atoms with Crippen LogP contribution in [0.15, 0.2) is 18.3 Å². The molecule has 1 atom stereocenters. The third-order valence-corrected chi connectivity index (χ3v) is 2.97. The quantitative estimate of drug-likeness (QED) is 0.846. The van der Waals surface area contributed by atoms with Crippen LogP contribution in [0.3, 0.4) is 0 Å². The molecule has 1 aromatic rings. The second-order valence-corrected chi connectivity index (χ2v) is 4.17. The number of morpholine rings is 1. The van der Waals surface area contributed by atoms with Gasteiger partial charge in [0, 0.05) is 31.9 Å². The SMILES string of the molecule is Cl.NC(CCO)c1ccc(N2CCOCC2)nc1. The van der Waals surface area contributed by atoms with Crippen LogP contribution in [0.2, 0.25) is 0 Å². The fourth-order valence-electron chi connectivity index (χ4n) is 1.90. The number of pyridine rings is 1. The minimum atomic E-state index is -0.133. The molecule has 0 amide bonds. The van der Waals surface area contributed by atoms with Crippen LogP contribution in [0.25, 0.3) is 0 Å². The summed E-state index contributed by atoms with van der Waals surface area (Å²) in [5, 5.41) is 8.83. The average Bonchev–Trinajstić information content (AvgIpc) is 2.40. The van der Waals surface area contributed by atoms with E-state index < -0.39 is 0 Å². The monoisotopic (exact) mass is 273 g/mol. The van der Waals surface area contributed by atoms with E-state index in [0.717, 1.165) is 37.7 Å². The molecule has 0 bridgehead atoms. The van der Waals surface area contributed by atoms with Crippen molar-refractivity contribution in [2.75, 3.05) is 37.8 Å². The molecule has 0 aromatic carbocycles. The van der Waals surface area contributed by atoms with Crippen molar-refractivity contribution < 1.29 is 9.84 Å². The summed E-state index contributed by atoms with van der Waals surface area (Å²) in [4.78, 5) is 6.61. The molecular formula is C12H20ClN3O2. The Morgan fingerprint density at radius 2 is 2.11 bits per heavy atom. The van der Waals surface area contributed by atoms with E-state index in [0.29, 0.717) is 6.42 Å². The van der Waals surface area contributed by atoms with Gasteiger partial charge in [0.2, 0.25) is 0 Å². The van der Waals surface area contributed by atoms with Gasteiger partial charge >= 0.3 is 0 Å². The van der Waals surface area contributed by atoms with Gasteiger partial charge in [-0.15, -0.1) is 12.4 Å². The van der Waals surface area contributed by atoms with Crippen molar-refractivity contribution >= 4 is 18.2 Å². The molecule has 1 aliphatic rings. The summed E-state index contributed by atoms with van der Waals surface area (Å²) in [5.74, 6) is 0.966. The maximum absolute atomic E-state index is 8.83. The molecule has 1 saturated heterocycles. The number of hydrogen-bond acceptors (Lipinski definition) is 5. The van der Waals surface area contributed by atoms with E-state index in [1.165, 1.54) is 0 Å². The molecule has 1 aliphatic heterocycles. The molecule has 1 fully saturated rings. The normalized spacial score (nSPS) is 17.1. The first-order valence-electron chi connectivity index (χ1n) is 5.96. The van der Waals surface area contributed by atoms with Gasteiger partial charge in [-0.25, -0.2) is 4.98 Å². The minimum absolute atomic E-state index is 0. The highest BCUT2D eigenvalue weighted by Crippen LogP contribution is 2.17. The Labute approximate surface area is 113 Å². The highest BCUT2D eigenvalue weighted by atomic mass is 35.5. The number of anilines is 1. The topological polar surface area (TPSA) is 71.6 Å². The molecule has 0 spiro atoms. The van der Waals surface area contributed by atoms with Gasteiger partial charge in [-0.05, 0) is 18.1 Å². The average molecular weight is 274 g/mol. The molecule has 0 aliphatic carbocycles. The standard InChI is InChI=1S/C12H19N3O2.ClH/c13-11(3-6-16)10-1-2-12(14-9-10)15-4-7-17-8-5-15;/h1-2,9,11,16H,3-8,13H2;1H. The predicted octanol–water partition coefficient (Wildman–Crippen LogP) is 0.722. The van der Waals surface area contributed by atoms with Crippen molar-refractivity contribution in [2.45, 2.75) is 12.5 Å². The first kappa shape index (κ1) is 15.2. The van der Waals surface area contributed by atoms with Gasteiger partial charge in [-0.2, -0.15) is 0 Å². The lowest BCUT2D eigenvalue weighted by atomic mass is 10.1. The van der Waals surface area contributed by atoms with E-state index in [2.05, 4.69) is 9.88 Å². The Bertz CT molecular complexity index is 342. The third-order valence-electron chi connectivity index (χ3n) is 2.97. The molecule has 0 radical (unpaired) electrons. The Morgan fingerprint density at radius 1 is 1.39 bits per heavy atom. The summed E-state index contributed by atoms with van der Waals surface area (Å²) < 4.78 is 5.30. The molecule has 1 aromatic heterocycles. The van der Waals surface area contributed by atoms with Gasteiger partial charge in [0.1, 0.15) is 5.82 Å². The van der Waals surface area contributed by atoms with E-state index in [1.807, 2.05) is 12.1 Å². The van der Waals surface area contributed by atoms with Crippen LogP contribution in [0.4, 0.5) is 5.82 Å². The van der Waals surface area contributed by atoms with Crippen LogP contribution >= 0.6 is 12.4 Å². The third kappa shape index (κ3) is 3.81. The van der Waals surface area contributed by atoms with Gasteiger partial charge in [0.15, 0.2) is 0 Å². The molecule has 1 unspecified atom stereocenters. The summed E-state index contributed by atoms with van der Waals surface area (Å²) in [5.41, 5.74) is 6.87. The number of aromatic nitrogens is 1. The molecule has 0 saturated carbocycles. The van der Waals surface area contributed by atoms with Crippen LogP contribution in [-0.2, 0) is 4.74 Å². The van der Waals surface area contributed by atoms with Crippen molar-refractivity contribution in [3.8, 4) is 0 Å². The summed E-state index contributed by atoms with van der Waals surface area (Å²) in [6.45, 7) is 3.39. The number of nitrogens with two attached hydrogens (primary N) is 1. The predicted molar refractivity (Wildman–Crippen MR) is 73.1 cm³/mol. The van der Waals surface area contributed by atoms with E-state index in [-0.39, 0.29) is 25.1 Å². The van der Waals surface area contributed by atoms with Crippen molar-refractivity contribution in [2.24, 2.45) is 5.73 Å². The van der Waals surface area contributed by atoms with Crippen LogP contribution in [-0.4, -0.2) is 43.0 Å². The number of aliphatic hydroxyl groups excluding tert-OH is 1. The fraction of sp³-hybridized carbons (Fsp3) is 0.583. The summed E-state index contributed by atoms with van der Waals surface area (Å²) in [6.07, 6.45) is 2.36. The minimum Gasteiger partial charge on any atom is -0.396 e. The number of rotatable bonds is 4. The van der Waals surface area contributed by atoms with Crippen molar-refractivity contribution in [3.05, 3.63) is 23.9 Å². The zero-order valence-electron chi connectivity index (χ0n) is 10.3. The zero-order chi connectivity index (χ0) is 12.1. The smallest absolute Gasteiger partial charge is 0.128 e. The van der Waals surface area contributed by atoms with Crippen molar-refractivity contribution in [1.29, 1.82) is 0 Å². The summed E-state index contributed by atoms with van der Waals surface area (Å²) in [7, 11) is 0. The first-order chi connectivity index (χ1) is 8.31. The zero-order valence-corrected chi connectivity index (χ0v) is 11.1. The molecular weight excluding hydrogens is 254 g/mol. The first-order valence-corrected chi connectivity index (χ1v) is 5.96. The largest absolute Gasteiger partial charge is 0.396 e. The van der Waals surface area contributed by atoms with Crippen molar-refractivity contribution in [3.63, 3.8) is 0 Å². The van der Waals surface area contributed by atoms with Gasteiger partial charge < -0.3 is 20.5 Å². The van der Waals surface area contributed by atoms with Crippen molar-refractivity contribution in [1.82, 2.24) is 4.98 Å². The van der Waals surface area contributed by atoms with Gasteiger partial charge in [-0.3, -0.25) is 0 Å². The summed E-state index contributed by atoms with van der Waals surface area (Å²) in [6, 6.07) is 3.84. The highest BCUT2D eigenvalue weighted by Gasteiger charge is 2.13. The number of nitrogens with zero attached hydrogens (tertiary/aromatic N) is 2. The van der Waals surface area contributed by atoms with E-state index in [9.17, 15) is 0 Å².